The molecule has 0 atom stereocenters. The summed E-state index contributed by atoms with van der Waals surface area (Å²) >= 11 is 0. The lowest BCUT2D eigenvalue weighted by Crippen LogP contribution is -2.29. The minimum Gasteiger partial charge on any atom is -0.493 e. The van der Waals surface area contributed by atoms with Gasteiger partial charge < -0.3 is 25.3 Å². The Kier molecular flexibility index (Phi) is 5.97. The average Bonchev–Trinajstić information content (AvgIpc) is 2.64. The summed E-state index contributed by atoms with van der Waals surface area (Å²) in [4.78, 5) is 15.7. The van der Waals surface area contributed by atoms with E-state index in [1.54, 1.807) is 27.5 Å². The normalized spacial score (nSPS) is 10.2. The van der Waals surface area contributed by atoms with Crippen LogP contribution in [-0.2, 0) is 11.3 Å². The van der Waals surface area contributed by atoms with Gasteiger partial charge in [-0.15, -0.1) is 0 Å². The maximum Gasteiger partial charge on any atom is 0.234 e. The maximum absolute atomic E-state index is 11.3. The molecular weight excluding hydrogens is 310 g/mol. The zero-order valence-electron chi connectivity index (χ0n) is 14.0. The first-order valence-electron chi connectivity index (χ1n) is 7.35. The fourth-order valence-corrected chi connectivity index (χ4v) is 2.24. The van der Waals surface area contributed by atoms with Crippen LogP contribution in [0.5, 0.6) is 17.2 Å². The highest BCUT2D eigenvalue weighted by atomic mass is 16.5. The molecule has 0 spiro atoms. The molecule has 1 aromatic heterocycles. The zero-order valence-corrected chi connectivity index (χ0v) is 14.0. The zero-order chi connectivity index (χ0) is 17.5. The summed E-state index contributed by atoms with van der Waals surface area (Å²) in [6.07, 6.45) is 1.68. The number of benzene rings is 1. The van der Waals surface area contributed by atoms with Crippen molar-refractivity contribution in [2.45, 2.75) is 6.54 Å². The van der Waals surface area contributed by atoms with Gasteiger partial charge in [-0.2, -0.15) is 0 Å². The van der Waals surface area contributed by atoms with Gasteiger partial charge in [0, 0.05) is 18.3 Å². The fourth-order valence-electron chi connectivity index (χ4n) is 2.24. The van der Waals surface area contributed by atoms with E-state index in [0.717, 1.165) is 16.8 Å². The fraction of sp³-hybridized carbons (Fsp3) is 0.294. The smallest absolute Gasteiger partial charge is 0.234 e. The summed E-state index contributed by atoms with van der Waals surface area (Å²) in [5.41, 5.74) is 7.74. The molecule has 0 unspecified atom stereocenters. The van der Waals surface area contributed by atoms with Gasteiger partial charge in [0.1, 0.15) is 0 Å². The summed E-state index contributed by atoms with van der Waals surface area (Å²) in [5, 5.41) is 2.73. The minimum absolute atomic E-state index is 0.0369. The number of nitrogens with zero attached hydrogens (tertiary/aromatic N) is 1. The van der Waals surface area contributed by atoms with Gasteiger partial charge in [-0.3, -0.25) is 9.78 Å². The summed E-state index contributed by atoms with van der Waals surface area (Å²) in [7, 11) is 4.68. The predicted octanol–water partition coefficient (Wildman–Crippen LogP) is 1.35. The van der Waals surface area contributed by atoms with Crippen LogP contribution < -0.4 is 25.3 Å². The van der Waals surface area contributed by atoms with E-state index in [1.165, 1.54) is 0 Å². The molecule has 0 aliphatic carbocycles. The van der Waals surface area contributed by atoms with Gasteiger partial charge in [-0.05, 0) is 29.8 Å². The van der Waals surface area contributed by atoms with E-state index in [1.807, 2.05) is 24.3 Å². The third kappa shape index (κ3) is 3.94. The van der Waals surface area contributed by atoms with Gasteiger partial charge in [0.25, 0.3) is 0 Å². The second kappa shape index (κ2) is 8.16. The number of methoxy groups -OCH3 is 3. The molecule has 2 rings (SSSR count). The Morgan fingerprint density at radius 3 is 2.33 bits per heavy atom. The third-order valence-electron chi connectivity index (χ3n) is 3.46. The van der Waals surface area contributed by atoms with Gasteiger partial charge in [-0.25, -0.2) is 0 Å². The third-order valence-corrected chi connectivity index (χ3v) is 3.46. The second-order valence-corrected chi connectivity index (χ2v) is 4.94. The molecule has 128 valence electrons. The number of carbonyl (C=O) groups is 1. The number of hydrogen-bond donors (Lipinski definition) is 2. The summed E-state index contributed by atoms with van der Waals surface area (Å²) in [6, 6.07) is 7.37. The molecule has 0 fully saturated rings. The van der Waals surface area contributed by atoms with Gasteiger partial charge in [0.05, 0.1) is 33.6 Å². The Hall–Kier alpha value is -2.80. The number of pyridine rings is 1. The Morgan fingerprint density at radius 1 is 1.12 bits per heavy atom. The van der Waals surface area contributed by atoms with Crippen LogP contribution in [0.1, 0.15) is 5.56 Å². The van der Waals surface area contributed by atoms with Crippen molar-refractivity contribution in [1.82, 2.24) is 10.3 Å². The number of nitrogens with two attached hydrogens (primary N) is 1. The molecule has 0 radical (unpaired) electrons. The maximum atomic E-state index is 11.3. The van der Waals surface area contributed by atoms with Crippen molar-refractivity contribution in [1.29, 1.82) is 0 Å². The van der Waals surface area contributed by atoms with Crippen molar-refractivity contribution in [2.24, 2.45) is 5.73 Å². The number of hydrogen-bond acceptors (Lipinski definition) is 6. The SMILES string of the molecule is COc1cc(-c2cc(CNC(=O)CN)ccn2)cc(OC)c1OC. The topological polar surface area (TPSA) is 95.7 Å². The van der Waals surface area contributed by atoms with E-state index in [0.29, 0.717) is 23.8 Å². The van der Waals surface area contributed by atoms with Gasteiger partial charge in [0.2, 0.25) is 11.7 Å². The number of amides is 1. The largest absolute Gasteiger partial charge is 0.493 e. The van der Waals surface area contributed by atoms with Gasteiger partial charge in [0.15, 0.2) is 11.5 Å². The lowest BCUT2D eigenvalue weighted by molar-refractivity contribution is -0.119. The van der Waals surface area contributed by atoms with Gasteiger partial charge in [-0.1, -0.05) is 0 Å². The Morgan fingerprint density at radius 2 is 1.79 bits per heavy atom. The summed E-state index contributed by atoms with van der Waals surface area (Å²) < 4.78 is 16.0. The highest BCUT2D eigenvalue weighted by Gasteiger charge is 2.14. The molecule has 0 bridgehead atoms. The summed E-state index contributed by atoms with van der Waals surface area (Å²) in [6.45, 7) is 0.348. The number of nitrogens with one attached hydrogen (secondary N) is 1. The number of carbonyl (C=O) groups excluding carboxylic acids is 1. The van der Waals surface area contributed by atoms with Crippen molar-refractivity contribution in [2.75, 3.05) is 27.9 Å². The first kappa shape index (κ1) is 17.6. The first-order valence-corrected chi connectivity index (χ1v) is 7.35. The standard InChI is InChI=1S/C17H21N3O4/c1-22-14-7-12(8-15(23-2)17(14)24-3)13-6-11(4-5-19-13)10-20-16(21)9-18/h4-8H,9-10,18H2,1-3H3,(H,20,21). The van der Waals surface area contributed by atoms with E-state index in [2.05, 4.69) is 10.3 Å². The van der Waals surface area contributed by atoms with Crippen LogP contribution in [0.3, 0.4) is 0 Å². The molecule has 7 nitrogen and oxygen atoms in total. The van der Waals surface area contributed by atoms with Crippen molar-refractivity contribution in [3.8, 4) is 28.5 Å². The van der Waals surface area contributed by atoms with Crippen LogP contribution in [0.25, 0.3) is 11.3 Å². The molecule has 1 heterocycles. The monoisotopic (exact) mass is 331 g/mol. The van der Waals surface area contributed by atoms with E-state index >= 15 is 0 Å². The number of ether oxygens (including phenoxy) is 3. The molecule has 0 aliphatic rings. The number of rotatable bonds is 7. The highest BCUT2D eigenvalue weighted by Crippen LogP contribution is 2.40. The van der Waals surface area contributed by atoms with Crippen molar-refractivity contribution in [3.05, 3.63) is 36.0 Å². The molecule has 24 heavy (non-hydrogen) atoms. The average molecular weight is 331 g/mol. The predicted molar refractivity (Wildman–Crippen MR) is 90.2 cm³/mol. The van der Waals surface area contributed by atoms with Crippen LogP contribution in [0.4, 0.5) is 0 Å². The van der Waals surface area contributed by atoms with E-state index in [4.69, 9.17) is 19.9 Å². The van der Waals surface area contributed by atoms with E-state index in [-0.39, 0.29) is 12.5 Å². The second-order valence-electron chi connectivity index (χ2n) is 4.94. The van der Waals surface area contributed by atoms with Crippen LogP contribution in [0, 0.1) is 0 Å². The molecule has 0 saturated heterocycles. The van der Waals surface area contributed by atoms with Crippen LogP contribution >= 0.6 is 0 Å². The lowest BCUT2D eigenvalue weighted by atomic mass is 10.1. The highest BCUT2D eigenvalue weighted by molar-refractivity contribution is 5.77. The minimum atomic E-state index is -0.207. The molecule has 0 saturated carbocycles. The van der Waals surface area contributed by atoms with E-state index in [9.17, 15) is 4.79 Å². The van der Waals surface area contributed by atoms with E-state index < -0.39 is 0 Å². The Balaban J connectivity index is 2.36. The molecular formula is C17H21N3O4. The first-order chi connectivity index (χ1) is 11.6. The Bertz CT molecular complexity index is 694. The number of aromatic nitrogens is 1. The Labute approximate surface area is 140 Å². The molecule has 1 amide bonds. The molecule has 3 N–H and O–H groups in total. The molecule has 0 aliphatic heterocycles. The van der Waals surface area contributed by atoms with Crippen molar-refractivity contribution >= 4 is 5.91 Å². The lowest BCUT2D eigenvalue weighted by Gasteiger charge is -2.14. The van der Waals surface area contributed by atoms with Crippen LogP contribution in [-0.4, -0.2) is 38.8 Å². The molecule has 7 heteroatoms. The summed E-state index contributed by atoms with van der Waals surface area (Å²) in [5.74, 6) is 1.42. The van der Waals surface area contributed by atoms with Gasteiger partial charge >= 0.3 is 0 Å². The quantitative estimate of drug-likeness (QED) is 0.795. The molecule has 2 aromatic rings. The van der Waals surface area contributed by atoms with Crippen molar-refractivity contribution in [3.63, 3.8) is 0 Å². The van der Waals surface area contributed by atoms with Crippen LogP contribution in [0.15, 0.2) is 30.5 Å². The molecule has 1 aromatic carbocycles. The van der Waals surface area contributed by atoms with Crippen molar-refractivity contribution < 1.29 is 19.0 Å². The van der Waals surface area contributed by atoms with Crippen LogP contribution in [0.2, 0.25) is 0 Å².